The third-order valence-corrected chi connectivity index (χ3v) is 13.2. The topological polar surface area (TPSA) is 236 Å². The van der Waals surface area contributed by atoms with E-state index in [2.05, 4.69) is 5.32 Å². The molecule has 0 aromatic heterocycles. The minimum atomic E-state index is -4.49. The Morgan fingerprint density at radius 3 is 2.00 bits per heavy atom. The van der Waals surface area contributed by atoms with Crippen LogP contribution in [0.1, 0.15) is 65.5 Å². The van der Waals surface area contributed by atoms with Gasteiger partial charge in [-0.15, -0.1) is 0 Å². The van der Waals surface area contributed by atoms with E-state index in [1.54, 1.807) is 42.5 Å². The summed E-state index contributed by atoms with van der Waals surface area (Å²) in [7, 11) is -13.4. The summed E-state index contributed by atoms with van der Waals surface area (Å²) in [5.74, 6) is -3.25. The number of nitrogens with one attached hydrogen (secondary N) is 1. The highest BCUT2D eigenvalue weighted by molar-refractivity contribution is 7.86. The number of carbonyl (C=O) groups is 2. The van der Waals surface area contributed by atoms with Crippen molar-refractivity contribution < 1.29 is 58.2 Å². The summed E-state index contributed by atoms with van der Waals surface area (Å²) in [4.78, 5) is 28.3. The number of fused-ring (bicyclic) bond motifs is 2. The minimum Gasteiger partial charge on any atom is -0.480 e. The molecule has 15 nitrogen and oxygen atoms in total. The lowest BCUT2D eigenvalue weighted by atomic mass is 9.71. The van der Waals surface area contributed by atoms with E-state index in [9.17, 15) is 53.6 Å². The molecule has 0 radical (unpaired) electrons. The predicted octanol–water partition coefficient (Wildman–Crippen LogP) is 4.56. The van der Waals surface area contributed by atoms with Crippen LogP contribution >= 0.6 is 0 Å². The number of hydrogen-bond acceptors (Lipinski definition) is 9. The first-order chi connectivity index (χ1) is 25.8. The molecule has 0 bridgehead atoms. The van der Waals surface area contributed by atoms with E-state index in [1.807, 2.05) is 51.0 Å². The Bertz CT molecular complexity index is 2510. The van der Waals surface area contributed by atoms with Gasteiger partial charge in [-0.3, -0.25) is 23.2 Å². The SMILES string of the molecule is CCN1/C(=C/C=C2C=C(/C=C/C3=[N+](CC)c4ccc(S(=O)(=O)O)cc4C3(C)C)CC(C(=O)O)(C(=O)NCCS(=O)(=O)O)C/2)C(C)(C)c2cc(S(=O)(=O)O)ccc21. The van der Waals surface area contributed by atoms with Gasteiger partial charge in [0.05, 0.1) is 21.0 Å². The van der Waals surface area contributed by atoms with Crippen LogP contribution in [-0.2, 0) is 50.8 Å². The average Bonchev–Trinajstić information content (AvgIpc) is 3.45. The molecule has 5 N–H and O–H groups in total. The number of rotatable bonds is 12. The molecule has 56 heavy (non-hydrogen) atoms. The number of amides is 1. The van der Waals surface area contributed by atoms with Gasteiger partial charge in [0, 0.05) is 47.6 Å². The minimum absolute atomic E-state index is 0.259. The molecule has 2 aromatic carbocycles. The van der Waals surface area contributed by atoms with E-state index in [-0.39, 0.29) is 22.6 Å². The number of hydrogen-bond donors (Lipinski definition) is 5. The molecular formula is C38H46N3O12S3+. The quantitative estimate of drug-likeness (QED) is 0.112. The Hall–Kier alpha value is -4.46. The Kier molecular flexibility index (Phi) is 11.3. The van der Waals surface area contributed by atoms with Gasteiger partial charge in [-0.25, -0.2) is 0 Å². The molecular weight excluding hydrogens is 787 g/mol. The maximum absolute atomic E-state index is 13.8. The molecule has 2 aliphatic heterocycles. The number of likely N-dealkylation sites (N-methyl/N-ethyl adjacent to an activating group) is 1. The van der Waals surface area contributed by atoms with E-state index in [0.29, 0.717) is 35.4 Å². The smallest absolute Gasteiger partial charge is 0.319 e. The maximum Gasteiger partial charge on any atom is 0.319 e. The largest absolute Gasteiger partial charge is 0.480 e. The number of carbonyl (C=O) groups excluding carboxylic acids is 1. The zero-order valence-electron chi connectivity index (χ0n) is 31.8. The fourth-order valence-electron chi connectivity index (χ4n) is 7.87. The van der Waals surface area contributed by atoms with Gasteiger partial charge in [0.2, 0.25) is 11.6 Å². The second-order valence-electron chi connectivity index (χ2n) is 15.1. The van der Waals surface area contributed by atoms with Crippen LogP contribution in [0.25, 0.3) is 0 Å². The van der Waals surface area contributed by atoms with Crippen molar-refractivity contribution in [1.82, 2.24) is 5.32 Å². The third-order valence-electron chi connectivity index (χ3n) is 10.7. The van der Waals surface area contributed by atoms with E-state index >= 15 is 0 Å². The van der Waals surface area contributed by atoms with Crippen LogP contribution in [0.3, 0.4) is 0 Å². The molecule has 1 unspecified atom stereocenters. The Labute approximate surface area is 327 Å². The molecule has 0 spiro atoms. The van der Waals surface area contributed by atoms with Gasteiger partial charge in [-0.2, -0.15) is 29.8 Å². The number of allylic oxidation sites excluding steroid dienone is 8. The molecule has 3 aliphatic rings. The highest BCUT2D eigenvalue weighted by Crippen LogP contribution is 2.49. The van der Waals surface area contributed by atoms with Crippen molar-refractivity contribution in [2.75, 3.05) is 30.3 Å². The van der Waals surface area contributed by atoms with Crippen molar-refractivity contribution in [3.63, 3.8) is 0 Å². The number of nitrogens with zero attached hydrogens (tertiary/aromatic N) is 2. The van der Waals surface area contributed by atoms with Crippen molar-refractivity contribution in [2.45, 2.75) is 75.0 Å². The first kappa shape index (κ1) is 42.7. The summed E-state index contributed by atoms with van der Waals surface area (Å²) in [5.41, 5.74) is 1.38. The Balaban J connectivity index is 1.63. The normalized spacial score (nSPS) is 22.1. The van der Waals surface area contributed by atoms with Crippen LogP contribution in [0.5, 0.6) is 0 Å². The van der Waals surface area contributed by atoms with Crippen molar-refractivity contribution in [3.05, 3.63) is 94.7 Å². The Morgan fingerprint density at radius 2 is 1.45 bits per heavy atom. The van der Waals surface area contributed by atoms with Crippen molar-refractivity contribution in [3.8, 4) is 0 Å². The summed E-state index contributed by atoms with van der Waals surface area (Å²) >= 11 is 0. The number of benzene rings is 2. The van der Waals surface area contributed by atoms with Crippen LogP contribution in [0.15, 0.2) is 93.4 Å². The average molecular weight is 833 g/mol. The van der Waals surface area contributed by atoms with E-state index in [1.165, 1.54) is 24.3 Å². The van der Waals surface area contributed by atoms with Gasteiger partial charge < -0.3 is 15.3 Å². The number of carboxylic acid groups (broad SMARTS) is 1. The zero-order valence-corrected chi connectivity index (χ0v) is 34.2. The highest BCUT2D eigenvalue weighted by Gasteiger charge is 2.49. The van der Waals surface area contributed by atoms with Crippen LogP contribution < -0.4 is 10.2 Å². The van der Waals surface area contributed by atoms with E-state index < -0.39 is 70.8 Å². The first-order valence-electron chi connectivity index (χ1n) is 17.7. The molecule has 5 rings (SSSR count). The first-order valence-corrected chi connectivity index (χ1v) is 22.2. The van der Waals surface area contributed by atoms with Crippen molar-refractivity contribution in [2.24, 2.45) is 5.41 Å². The summed E-state index contributed by atoms with van der Waals surface area (Å²) in [6, 6.07) is 8.68. The second kappa shape index (κ2) is 14.8. The maximum atomic E-state index is 13.8. The molecule has 0 fully saturated rings. The lowest BCUT2D eigenvalue weighted by Gasteiger charge is -2.33. The van der Waals surface area contributed by atoms with Crippen molar-refractivity contribution in [1.29, 1.82) is 0 Å². The third kappa shape index (κ3) is 8.03. The zero-order chi connectivity index (χ0) is 41.8. The fourth-order valence-corrected chi connectivity index (χ4v) is 9.24. The van der Waals surface area contributed by atoms with Crippen molar-refractivity contribution >= 4 is 59.3 Å². The fraction of sp³-hybridized carbons (Fsp3) is 0.395. The van der Waals surface area contributed by atoms with Crippen LogP contribution in [0.2, 0.25) is 0 Å². The van der Waals surface area contributed by atoms with Gasteiger partial charge >= 0.3 is 5.97 Å². The summed E-state index contributed by atoms with van der Waals surface area (Å²) in [5, 5.41) is 13.0. The monoisotopic (exact) mass is 832 g/mol. The molecule has 1 atom stereocenters. The molecule has 0 saturated heterocycles. The molecule has 302 valence electrons. The number of anilines is 1. The number of aliphatic carboxylic acids is 1. The molecule has 2 heterocycles. The molecule has 1 amide bonds. The standard InChI is InChI=1S/C38H45N3O12S3/c1-7-40-30-13-11-26(55(48,49)50)20-28(30)36(3,4)32(40)15-9-24-19-25(23-38(22-24,35(43)44)34(42)39-17-18-54(45,46)47)10-16-33-37(5,6)29-21-27(56(51,52)53)12-14-31(29)41(33)8-2/h9-16,19-21H,7-8,17-18,22-23H2,1-6H3,(H4-,39,42,43,44,45,46,47,48,49,50,51,52,53)/p+1. The Morgan fingerprint density at radius 1 is 0.839 bits per heavy atom. The van der Waals surface area contributed by atoms with Gasteiger partial charge in [0.15, 0.2) is 11.1 Å². The molecule has 18 heteroatoms. The van der Waals surface area contributed by atoms with Gasteiger partial charge in [-0.05, 0) is 93.7 Å². The van der Waals surface area contributed by atoms with E-state index in [4.69, 9.17) is 0 Å². The summed E-state index contributed by atoms with van der Waals surface area (Å²) in [6.45, 7) is 11.8. The van der Waals surface area contributed by atoms with Gasteiger partial charge in [0.25, 0.3) is 30.4 Å². The predicted molar refractivity (Wildman–Crippen MR) is 209 cm³/mol. The molecule has 1 aliphatic carbocycles. The summed E-state index contributed by atoms with van der Waals surface area (Å²) < 4.78 is 101. The highest BCUT2D eigenvalue weighted by atomic mass is 32.2. The molecule has 2 aromatic rings. The number of carboxylic acids is 1. The lowest BCUT2D eigenvalue weighted by molar-refractivity contribution is -0.433. The van der Waals surface area contributed by atoms with Gasteiger partial charge in [0.1, 0.15) is 6.54 Å². The van der Waals surface area contributed by atoms with Crippen LogP contribution in [0.4, 0.5) is 11.4 Å². The lowest BCUT2D eigenvalue weighted by Crippen LogP contribution is -2.49. The van der Waals surface area contributed by atoms with Crippen LogP contribution in [0, 0.1) is 5.41 Å². The summed E-state index contributed by atoms with van der Waals surface area (Å²) in [6.07, 6.45) is 8.09. The van der Waals surface area contributed by atoms with Gasteiger partial charge in [-0.1, -0.05) is 32.1 Å². The molecule has 0 saturated carbocycles. The second-order valence-corrected chi connectivity index (χ2v) is 19.5. The van der Waals surface area contributed by atoms with E-state index in [0.717, 1.165) is 22.8 Å². The van der Waals surface area contributed by atoms with Crippen LogP contribution in [-0.4, -0.2) is 91.6 Å².